The van der Waals surface area contributed by atoms with Crippen LogP contribution in [0.15, 0.2) is 77.9 Å². The summed E-state index contributed by atoms with van der Waals surface area (Å²) in [6, 6.07) is 22.9. The first-order chi connectivity index (χ1) is 14.7. The van der Waals surface area contributed by atoms with Crippen LogP contribution < -0.4 is 19.6 Å². The molecule has 0 saturated carbocycles. The second kappa shape index (κ2) is 10.7. The molecule has 6 nitrogen and oxygen atoms in total. The van der Waals surface area contributed by atoms with E-state index < -0.39 is 0 Å². The van der Waals surface area contributed by atoms with E-state index in [-0.39, 0.29) is 12.5 Å². The van der Waals surface area contributed by atoms with Gasteiger partial charge in [0.1, 0.15) is 5.75 Å². The van der Waals surface area contributed by atoms with Gasteiger partial charge in [0.2, 0.25) is 0 Å². The molecule has 0 saturated heterocycles. The molecular formula is C24H24N2O4. The summed E-state index contributed by atoms with van der Waals surface area (Å²) in [5.74, 6) is 1.45. The molecule has 3 aromatic rings. The molecule has 6 heteroatoms. The maximum Gasteiger partial charge on any atom is 0.277 e. The molecule has 0 atom stereocenters. The fourth-order valence-electron chi connectivity index (χ4n) is 2.89. The number of hydrazone groups is 1. The summed E-state index contributed by atoms with van der Waals surface area (Å²) >= 11 is 0. The molecule has 154 valence electrons. The summed E-state index contributed by atoms with van der Waals surface area (Å²) in [5.41, 5.74) is 5.12. The van der Waals surface area contributed by atoms with Gasteiger partial charge in [-0.05, 0) is 30.7 Å². The Hall–Kier alpha value is -3.80. The minimum Gasteiger partial charge on any atom is -0.493 e. The number of carbonyl (C=O) groups excluding carboxylic acids is 1. The summed E-state index contributed by atoms with van der Waals surface area (Å²) in [4.78, 5) is 12.2. The van der Waals surface area contributed by atoms with Gasteiger partial charge in [-0.3, -0.25) is 4.79 Å². The third-order valence-corrected chi connectivity index (χ3v) is 4.24. The number of ether oxygens (including phenoxy) is 3. The first kappa shape index (κ1) is 20.9. The number of para-hydroxylation sites is 2. The quantitative estimate of drug-likeness (QED) is 0.427. The lowest BCUT2D eigenvalue weighted by Crippen LogP contribution is -2.24. The van der Waals surface area contributed by atoms with Gasteiger partial charge in [0.05, 0.1) is 19.9 Å². The van der Waals surface area contributed by atoms with Crippen LogP contribution in [0.2, 0.25) is 0 Å². The lowest BCUT2D eigenvalue weighted by molar-refractivity contribution is -0.123. The molecule has 0 heterocycles. The fourth-order valence-corrected chi connectivity index (χ4v) is 2.89. The molecule has 3 aromatic carbocycles. The van der Waals surface area contributed by atoms with Crippen LogP contribution in [0.4, 0.5) is 0 Å². The molecule has 0 aliphatic carbocycles. The standard InChI is InChI=1S/C24H24N2O4/c1-3-29-24-19(12-9-15-22(24)28-2)16-25-26-23(27)17-30-21-14-8-7-13-20(21)18-10-5-4-6-11-18/h4-16H,3,17H2,1-2H3,(H,26,27)/b25-16+. The number of carbonyl (C=O) groups is 1. The Morgan fingerprint density at radius 3 is 2.43 bits per heavy atom. The number of nitrogens with one attached hydrogen (secondary N) is 1. The third kappa shape index (κ3) is 5.38. The van der Waals surface area contributed by atoms with Crippen molar-refractivity contribution in [2.75, 3.05) is 20.3 Å². The molecule has 0 unspecified atom stereocenters. The smallest absolute Gasteiger partial charge is 0.277 e. The second-order valence-corrected chi connectivity index (χ2v) is 6.26. The summed E-state index contributed by atoms with van der Waals surface area (Å²) in [6.45, 7) is 2.22. The Labute approximate surface area is 176 Å². The zero-order valence-electron chi connectivity index (χ0n) is 17.0. The highest BCUT2D eigenvalue weighted by Crippen LogP contribution is 2.30. The van der Waals surface area contributed by atoms with E-state index in [2.05, 4.69) is 10.5 Å². The summed E-state index contributed by atoms with van der Waals surface area (Å²) < 4.78 is 16.7. The summed E-state index contributed by atoms with van der Waals surface area (Å²) in [6.07, 6.45) is 1.52. The van der Waals surface area contributed by atoms with Crippen LogP contribution in [0.3, 0.4) is 0 Å². The summed E-state index contributed by atoms with van der Waals surface area (Å²) in [5, 5.41) is 4.01. The van der Waals surface area contributed by atoms with Gasteiger partial charge in [-0.15, -0.1) is 0 Å². The van der Waals surface area contributed by atoms with Crippen LogP contribution in [0.1, 0.15) is 12.5 Å². The number of methoxy groups -OCH3 is 1. The number of rotatable bonds is 9. The Bertz CT molecular complexity index is 1000. The molecule has 0 aliphatic heterocycles. The highest BCUT2D eigenvalue weighted by Gasteiger charge is 2.10. The van der Waals surface area contributed by atoms with Crippen LogP contribution in [0, 0.1) is 0 Å². The van der Waals surface area contributed by atoms with Crippen LogP contribution >= 0.6 is 0 Å². The van der Waals surface area contributed by atoms with Gasteiger partial charge < -0.3 is 14.2 Å². The third-order valence-electron chi connectivity index (χ3n) is 4.24. The van der Waals surface area contributed by atoms with E-state index in [1.807, 2.05) is 73.7 Å². The molecule has 0 bridgehead atoms. The maximum atomic E-state index is 12.2. The maximum absolute atomic E-state index is 12.2. The van der Waals surface area contributed by atoms with Gasteiger partial charge in [0.15, 0.2) is 18.1 Å². The molecule has 1 amide bonds. The van der Waals surface area contributed by atoms with Crippen molar-refractivity contribution in [2.24, 2.45) is 5.10 Å². The topological polar surface area (TPSA) is 69.2 Å². The van der Waals surface area contributed by atoms with E-state index in [0.717, 1.165) is 11.1 Å². The van der Waals surface area contributed by atoms with Crippen molar-refractivity contribution in [1.82, 2.24) is 5.43 Å². The van der Waals surface area contributed by atoms with Gasteiger partial charge in [-0.25, -0.2) is 5.43 Å². The van der Waals surface area contributed by atoms with E-state index in [1.165, 1.54) is 6.21 Å². The first-order valence-corrected chi connectivity index (χ1v) is 9.62. The van der Waals surface area contributed by atoms with Crippen molar-refractivity contribution in [1.29, 1.82) is 0 Å². The molecule has 0 radical (unpaired) electrons. The first-order valence-electron chi connectivity index (χ1n) is 9.62. The van der Waals surface area contributed by atoms with E-state index in [0.29, 0.717) is 29.4 Å². The van der Waals surface area contributed by atoms with Gasteiger partial charge in [-0.1, -0.05) is 54.6 Å². The average Bonchev–Trinajstić information content (AvgIpc) is 2.79. The number of hydrogen-bond acceptors (Lipinski definition) is 5. The molecule has 1 N–H and O–H groups in total. The zero-order valence-corrected chi connectivity index (χ0v) is 17.0. The summed E-state index contributed by atoms with van der Waals surface area (Å²) in [7, 11) is 1.57. The van der Waals surface area contributed by atoms with Gasteiger partial charge in [0.25, 0.3) is 5.91 Å². The monoisotopic (exact) mass is 404 g/mol. The number of benzene rings is 3. The Kier molecular flexibility index (Phi) is 7.44. The molecule has 0 fully saturated rings. The molecule has 0 aliphatic rings. The van der Waals surface area contributed by atoms with E-state index in [9.17, 15) is 4.79 Å². The van der Waals surface area contributed by atoms with Crippen LogP contribution in [0.5, 0.6) is 17.2 Å². The fraction of sp³-hybridized carbons (Fsp3) is 0.167. The average molecular weight is 404 g/mol. The Morgan fingerprint density at radius 1 is 0.933 bits per heavy atom. The van der Waals surface area contributed by atoms with E-state index in [4.69, 9.17) is 14.2 Å². The Balaban J connectivity index is 1.62. The SMILES string of the molecule is CCOc1c(/C=N/NC(=O)COc2ccccc2-c2ccccc2)cccc1OC. The van der Waals surface area contributed by atoms with Crippen molar-refractivity contribution >= 4 is 12.1 Å². The molecule has 3 rings (SSSR count). The van der Waals surface area contributed by atoms with Crippen molar-refractivity contribution in [3.05, 3.63) is 78.4 Å². The van der Waals surface area contributed by atoms with E-state index >= 15 is 0 Å². The predicted molar refractivity (Wildman–Crippen MR) is 117 cm³/mol. The molecule has 0 aromatic heterocycles. The van der Waals surface area contributed by atoms with Crippen LogP contribution in [-0.4, -0.2) is 32.4 Å². The van der Waals surface area contributed by atoms with Crippen LogP contribution in [0.25, 0.3) is 11.1 Å². The van der Waals surface area contributed by atoms with Gasteiger partial charge in [-0.2, -0.15) is 5.10 Å². The molecule has 30 heavy (non-hydrogen) atoms. The van der Waals surface area contributed by atoms with E-state index in [1.54, 1.807) is 13.2 Å². The zero-order chi connectivity index (χ0) is 21.2. The van der Waals surface area contributed by atoms with Crippen molar-refractivity contribution in [2.45, 2.75) is 6.92 Å². The highest BCUT2D eigenvalue weighted by atomic mass is 16.5. The predicted octanol–water partition coefficient (Wildman–Crippen LogP) is 4.29. The lowest BCUT2D eigenvalue weighted by atomic mass is 10.1. The Morgan fingerprint density at radius 2 is 1.67 bits per heavy atom. The lowest BCUT2D eigenvalue weighted by Gasteiger charge is -2.12. The van der Waals surface area contributed by atoms with Gasteiger partial charge >= 0.3 is 0 Å². The largest absolute Gasteiger partial charge is 0.493 e. The van der Waals surface area contributed by atoms with Crippen molar-refractivity contribution in [3.8, 4) is 28.4 Å². The minimum atomic E-state index is -0.366. The number of hydrogen-bond donors (Lipinski definition) is 1. The normalized spacial score (nSPS) is 10.6. The van der Waals surface area contributed by atoms with Crippen molar-refractivity contribution in [3.63, 3.8) is 0 Å². The minimum absolute atomic E-state index is 0.155. The number of amides is 1. The number of nitrogens with zero attached hydrogens (tertiary/aromatic N) is 1. The second-order valence-electron chi connectivity index (χ2n) is 6.26. The molecular weight excluding hydrogens is 380 g/mol. The highest BCUT2D eigenvalue weighted by molar-refractivity contribution is 5.86. The molecule has 0 spiro atoms. The van der Waals surface area contributed by atoms with Gasteiger partial charge in [0, 0.05) is 11.1 Å². The van der Waals surface area contributed by atoms with Crippen molar-refractivity contribution < 1.29 is 19.0 Å². The van der Waals surface area contributed by atoms with Crippen LogP contribution in [-0.2, 0) is 4.79 Å².